The van der Waals surface area contributed by atoms with Gasteiger partial charge in [0.05, 0.1) is 11.3 Å². The Morgan fingerprint density at radius 1 is 0.938 bits per heavy atom. The lowest BCUT2D eigenvalue weighted by Crippen LogP contribution is -2.48. The summed E-state index contributed by atoms with van der Waals surface area (Å²) in [5, 5.41) is 10.2. The highest BCUT2D eigenvalue weighted by atomic mass is 16.6. The summed E-state index contributed by atoms with van der Waals surface area (Å²) in [6.45, 7) is 5.14. The van der Waals surface area contributed by atoms with E-state index in [9.17, 15) is 14.4 Å². The van der Waals surface area contributed by atoms with Gasteiger partial charge in [-0.05, 0) is 68.8 Å². The summed E-state index contributed by atoms with van der Waals surface area (Å²) >= 11 is 0. The highest BCUT2D eigenvalue weighted by Gasteiger charge is 2.24. The molecule has 0 aliphatic rings. The third kappa shape index (κ3) is 5.69. The largest absolute Gasteiger partial charge is 0.478 e. The Kier molecular flexibility index (Phi) is 6.53. The summed E-state index contributed by atoms with van der Waals surface area (Å²) < 4.78 is 5.31. The second-order valence-electron chi connectivity index (χ2n) is 7.93. The number of carboxylic acid groups (broad SMARTS) is 1. The maximum atomic E-state index is 13.3. The Labute approximate surface area is 185 Å². The third-order valence-corrected chi connectivity index (χ3v) is 4.28. The SMILES string of the molecule is CC(C)(C)OC(=O)NN(C(=O)c1ccc(C(=O)O)cc1)c1cccc(-c2cccnc2)c1. The van der Waals surface area contributed by atoms with Crippen LogP contribution in [0.15, 0.2) is 73.1 Å². The molecule has 0 unspecified atom stereocenters. The minimum absolute atomic E-state index is 0.0479. The zero-order chi connectivity index (χ0) is 23.3. The lowest BCUT2D eigenvalue weighted by atomic mass is 10.1. The van der Waals surface area contributed by atoms with Gasteiger partial charge >= 0.3 is 12.1 Å². The molecule has 0 bridgehead atoms. The molecule has 2 aromatic carbocycles. The van der Waals surface area contributed by atoms with Gasteiger partial charge in [-0.15, -0.1) is 0 Å². The number of hydrogen-bond acceptors (Lipinski definition) is 5. The Bertz CT molecular complexity index is 1120. The van der Waals surface area contributed by atoms with Gasteiger partial charge in [0.25, 0.3) is 5.91 Å². The fourth-order valence-corrected chi connectivity index (χ4v) is 2.87. The molecule has 1 aromatic heterocycles. The zero-order valence-corrected chi connectivity index (χ0v) is 17.9. The van der Waals surface area contributed by atoms with E-state index in [1.807, 2.05) is 12.1 Å². The number of amides is 2. The zero-order valence-electron chi connectivity index (χ0n) is 17.9. The number of aromatic nitrogens is 1. The number of rotatable bonds is 4. The molecule has 0 spiro atoms. The van der Waals surface area contributed by atoms with Crippen LogP contribution in [0.5, 0.6) is 0 Å². The first-order valence-electron chi connectivity index (χ1n) is 9.82. The van der Waals surface area contributed by atoms with Crippen molar-refractivity contribution in [3.05, 3.63) is 84.2 Å². The number of pyridine rings is 1. The van der Waals surface area contributed by atoms with E-state index in [1.54, 1.807) is 57.4 Å². The van der Waals surface area contributed by atoms with Gasteiger partial charge in [-0.2, -0.15) is 0 Å². The number of carbonyl (C=O) groups excluding carboxylic acids is 2. The summed E-state index contributed by atoms with van der Waals surface area (Å²) in [4.78, 5) is 41.0. The van der Waals surface area contributed by atoms with E-state index >= 15 is 0 Å². The molecule has 0 saturated carbocycles. The minimum atomic E-state index is -1.10. The first-order valence-corrected chi connectivity index (χ1v) is 9.82. The fraction of sp³-hybridized carbons (Fsp3) is 0.167. The van der Waals surface area contributed by atoms with Crippen molar-refractivity contribution in [2.24, 2.45) is 0 Å². The Hall–Kier alpha value is -4.20. The van der Waals surface area contributed by atoms with Crippen molar-refractivity contribution >= 4 is 23.7 Å². The summed E-state index contributed by atoms with van der Waals surface area (Å²) in [7, 11) is 0. The number of benzene rings is 2. The number of nitrogens with zero attached hydrogens (tertiary/aromatic N) is 2. The molecule has 0 aliphatic heterocycles. The number of ether oxygens (including phenoxy) is 1. The van der Waals surface area contributed by atoms with Crippen molar-refractivity contribution in [2.45, 2.75) is 26.4 Å². The molecule has 0 saturated heterocycles. The van der Waals surface area contributed by atoms with Crippen molar-refractivity contribution in [3.8, 4) is 11.1 Å². The molecule has 3 aromatic rings. The van der Waals surface area contributed by atoms with Gasteiger partial charge in [0.1, 0.15) is 5.60 Å². The Morgan fingerprint density at radius 3 is 2.19 bits per heavy atom. The Morgan fingerprint density at radius 2 is 1.59 bits per heavy atom. The number of nitrogens with one attached hydrogen (secondary N) is 1. The maximum absolute atomic E-state index is 13.3. The quantitative estimate of drug-likeness (QED) is 0.585. The molecule has 32 heavy (non-hydrogen) atoms. The molecule has 0 fully saturated rings. The summed E-state index contributed by atoms with van der Waals surface area (Å²) in [6, 6.07) is 16.1. The minimum Gasteiger partial charge on any atom is -0.478 e. The van der Waals surface area contributed by atoms with Crippen LogP contribution in [-0.4, -0.2) is 33.7 Å². The van der Waals surface area contributed by atoms with Crippen LogP contribution in [-0.2, 0) is 4.74 Å². The summed E-state index contributed by atoms with van der Waals surface area (Å²) in [5.41, 5.74) is 3.99. The van der Waals surface area contributed by atoms with Crippen LogP contribution in [0.2, 0.25) is 0 Å². The highest BCUT2D eigenvalue weighted by Crippen LogP contribution is 2.25. The average molecular weight is 433 g/mol. The third-order valence-electron chi connectivity index (χ3n) is 4.28. The molecule has 8 nitrogen and oxygen atoms in total. The number of carboxylic acids is 1. The van der Waals surface area contributed by atoms with Gasteiger partial charge in [0, 0.05) is 23.5 Å². The van der Waals surface area contributed by atoms with Crippen LogP contribution in [0.25, 0.3) is 11.1 Å². The van der Waals surface area contributed by atoms with E-state index in [2.05, 4.69) is 10.4 Å². The van der Waals surface area contributed by atoms with Gasteiger partial charge in [-0.1, -0.05) is 18.2 Å². The van der Waals surface area contributed by atoms with Crippen LogP contribution in [0, 0.1) is 0 Å². The van der Waals surface area contributed by atoms with Gasteiger partial charge in [0.2, 0.25) is 0 Å². The fourth-order valence-electron chi connectivity index (χ4n) is 2.87. The van der Waals surface area contributed by atoms with E-state index in [4.69, 9.17) is 9.84 Å². The van der Waals surface area contributed by atoms with Crippen LogP contribution >= 0.6 is 0 Å². The van der Waals surface area contributed by atoms with Crippen LogP contribution in [0.4, 0.5) is 10.5 Å². The number of hydrazine groups is 1. The first kappa shape index (κ1) is 22.5. The molecule has 1 heterocycles. The van der Waals surface area contributed by atoms with Crippen molar-refractivity contribution in [1.29, 1.82) is 0 Å². The predicted octanol–water partition coefficient (Wildman–Crippen LogP) is 4.53. The molecule has 0 atom stereocenters. The van der Waals surface area contributed by atoms with Crippen LogP contribution in [0.1, 0.15) is 41.5 Å². The Balaban J connectivity index is 1.98. The standard InChI is InChI=1S/C24H23N3O5/c1-24(2,3)32-23(31)26-27(21(28)16-9-11-17(12-10-16)22(29)30)20-8-4-6-18(14-20)19-7-5-13-25-15-19/h4-15H,1-3H3,(H,26,31)(H,29,30). The van der Waals surface area contributed by atoms with E-state index < -0.39 is 23.6 Å². The van der Waals surface area contributed by atoms with Crippen molar-refractivity contribution in [3.63, 3.8) is 0 Å². The topological polar surface area (TPSA) is 109 Å². The second kappa shape index (κ2) is 9.30. The van der Waals surface area contributed by atoms with Gasteiger partial charge in [-0.25, -0.2) is 20.0 Å². The molecule has 164 valence electrons. The number of carbonyl (C=O) groups is 3. The molecule has 0 radical (unpaired) electrons. The lowest BCUT2D eigenvalue weighted by molar-refractivity contribution is 0.0510. The van der Waals surface area contributed by atoms with Gasteiger partial charge in [-0.3, -0.25) is 9.78 Å². The molecular formula is C24H23N3O5. The smallest absolute Gasteiger partial charge is 0.427 e. The van der Waals surface area contributed by atoms with E-state index in [-0.39, 0.29) is 11.1 Å². The summed E-state index contributed by atoms with van der Waals surface area (Å²) in [5.74, 6) is -1.66. The van der Waals surface area contributed by atoms with Crippen molar-refractivity contribution in [2.75, 3.05) is 5.01 Å². The van der Waals surface area contributed by atoms with Crippen molar-refractivity contribution in [1.82, 2.24) is 10.4 Å². The lowest BCUT2D eigenvalue weighted by Gasteiger charge is -2.26. The molecule has 0 aliphatic carbocycles. The van der Waals surface area contributed by atoms with E-state index in [0.717, 1.165) is 16.1 Å². The average Bonchev–Trinajstić information content (AvgIpc) is 2.76. The second-order valence-corrected chi connectivity index (χ2v) is 7.93. The molecule has 2 N–H and O–H groups in total. The molecular weight excluding hydrogens is 410 g/mol. The number of hydrogen-bond donors (Lipinski definition) is 2. The predicted molar refractivity (Wildman–Crippen MR) is 119 cm³/mol. The van der Waals surface area contributed by atoms with E-state index in [1.165, 1.54) is 24.3 Å². The van der Waals surface area contributed by atoms with Crippen molar-refractivity contribution < 1.29 is 24.2 Å². The molecule has 2 amide bonds. The molecule has 8 heteroatoms. The number of anilines is 1. The first-order chi connectivity index (χ1) is 15.1. The molecule has 3 rings (SSSR count). The van der Waals surface area contributed by atoms with Gasteiger partial charge in [0.15, 0.2) is 0 Å². The maximum Gasteiger partial charge on any atom is 0.427 e. The number of aromatic carboxylic acids is 1. The summed E-state index contributed by atoms with van der Waals surface area (Å²) in [6.07, 6.45) is 2.55. The normalized spacial score (nSPS) is 10.8. The van der Waals surface area contributed by atoms with Crippen LogP contribution in [0.3, 0.4) is 0 Å². The highest BCUT2D eigenvalue weighted by molar-refractivity contribution is 6.07. The van der Waals surface area contributed by atoms with Gasteiger partial charge < -0.3 is 9.84 Å². The van der Waals surface area contributed by atoms with Crippen LogP contribution < -0.4 is 10.4 Å². The monoisotopic (exact) mass is 433 g/mol. The van der Waals surface area contributed by atoms with E-state index in [0.29, 0.717) is 5.69 Å².